The number of hydrogen-bond acceptors (Lipinski definition) is 3. The Labute approximate surface area is 72.7 Å². The lowest BCUT2D eigenvalue weighted by Crippen LogP contribution is -2.40. The molecule has 1 heterocycles. The molecule has 2 atom stereocenters. The van der Waals surface area contributed by atoms with Gasteiger partial charge in [0.15, 0.2) is 0 Å². The van der Waals surface area contributed by atoms with Crippen molar-refractivity contribution < 1.29 is 9.53 Å². The van der Waals surface area contributed by atoms with Crippen LogP contribution in [0.25, 0.3) is 0 Å². The first kappa shape index (κ1) is 9.32. The second-order valence-electron chi connectivity index (χ2n) is 3.07. The lowest BCUT2D eigenvalue weighted by atomic mass is 10.0. The quantitative estimate of drug-likeness (QED) is 0.631. The van der Waals surface area contributed by atoms with Gasteiger partial charge in [0.2, 0.25) is 0 Å². The second-order valence-corrected chi connectivity index (χ2v) is 3.07. The Hall–Kier alpha value is -0.770. The number of carbonyl (C=O) groups excluding carboxylic acids is 1. The minimum absolute atomic E-state index is 0.238. The monoisotopic (exact) mass is 172 g/mol. The topological polar surface area (TPSA) is 50.4 Å². The Morgan fingerprint density at radius 3 is 3.00 bits per heavy atom. The Kier molecular flexibility index (Phi) is 3.34. The molecule has 4 heteroatoms. The average molecular weight is 172 g/mol. The fraction of sp³-hybridized carbons (Fsp3) is 0.875. The molecule has 1 aliphatic rings. The van der Waals surface area contributed by atoms with Gasteiger partial charge in [0.05, 0.1) is 7.11 Å². The molecule has 0 aromatic heterocycles. The molecular weight excluding hydrogens is 156 g/mol. The lowest BCUT2D eigenvalue weighted by Gasteiger charge is -2.17. The van der Waals surface area contributed by atoms with Crippen molar-refractivity contribution in [3.8, 4) is 0 Å². The molecule has 0 spiro atoms. The van der Waals surface area contributed by atoms with Crippen LogP contribution in [0.4, 0.5) is 4.79 Å². The Balaban J connectivity index is 2.35. The van der Waals surface area contributed by atoms with Crippen molar-refractivity contribution in [3.63, 3.8) is 0 Å². The van der Waals surface area contributed by atoms with Gasteiger partial charge in [-0.15, -0.1) is 0 Å². The first-order valence-corrected chi connectivity index (χ1v) is 4.33. The first-order chi connectivity index (χ1) is 5.77. The zero-order chi connectivity index (χ0) is 8.97. The van der Waals surface area contributed by atoms with Crippen LogP contribution in [0.5, 0.6) is 0 Å². The normalized spacial score (nSPS) is 28.5. The van der Waals surface area contributed by atoms with Crippen molar-refractivity contribution in [2.75, 3.05) is 20.2 Å². The van der Waals surface area contributed by atoms with Gasteiger partial charge < -0.3 is 15.4 Å². The smallest absolute Gasteiger partial charge is 0.407 e. The minimum atomic E-state index is -0.331. The number of alkyl carbamates (subject to hydrolysis) is 1. The molecule has 0 aromatic rings. The molecule has 0 radical (unpaired) electrons. The third-order valence-electron chi connectivity index (χ3n) is 2.35. The Morgan fingerprint density at radius 1 is 1.67 bits per heavy atom. The summed E-state index contributed by atoms with van der Waals surface area (Å²) in [6, 6.07) is 0.238. The van der Waals surface area contributed by atoms with Crippen molar-refractivity contribution in [3.05, 3.63) is 0 Å². The van der Waals surface area contributed by atoms with Crippen LogP contribution in [-0.2, 0) is 4.74 Å². The van der Waals surface area contributed by atoms with Gasteiger partial charge in [-0.25, -0.2) is 4.79 Å². The van der Waals surface area contributed by atoms with E-state index in [-0.39, 0.29) is 12.1 Å². The van der Waals surface area contributed by atoms with E-state index in [1.165, 1.54) is 7.11 Å². The van der Waals surface area contributed by atoms with Gasteiger partial charge in [-0.05, 0) is 5.92 Å². The number of methoxy groups -OCH3 is 1. The third kappa shape index (κ3) is 2.11. The summed E-state index contributed by atoms with van der Waals surface area (Å²) in [5.41, 5.74) is 0. The highest BCUT2D eigenvalue weighted by atomic mass is 16.5. The zero-order valence-corrected chi connectivity index (χ0v) is 7.59. The van der Waals surface area contributed by atoms with Crippen molar-refractivity contribution in [1.82, 2.24) is 10.6 Å². The summed E-state index contributed by atoms with van der Waals surface area (Å²) in [5, 5.41) is 6.04. The highest BCUT2D eigenvalue weighted by Crippen LogP contribution is 2.12. The fourth-order valence-corrected chi connectivity index (χ4v) is 1.54. The number of hydrogen-bond donors (Lipinski definition) is 2. The van der Waals surface area contributed by atoms with E-state index >= 15 is 0 Å². The lowest BCUT2D eigenvalue weighted by molar-refractivity contribution is 0.164. The average Bonchev–Trinajstić information content (AvgIpc) is 2.51. The number of amides is 1. The summed E-state index contributed by atoms with van der Waals surface area (Å²) in [6.45, 7) is 3.97. The van der Waals surface area contributed by atoms with Crippen LogP contribution < -0.4 is 10.6 Å². The minimum Gasteiger partial charge on any atom is -0.453 e. The maximum Gasteiger partial charge on any atom is 0.407 e. The van der Waals surface area contributed by atoms with E-state index in [1.807, 2.05) is 0 Å². The second kappa shape index (κ2) is 4.30. The van der Waals surface area contributed by atoms with Gasteiger partial charge in [0, 0.05) is 19.1 Å². The van der Waals surface area contributed by atoms with Crippen LogP contribution in [0.2, 0.25) is 0 Å². The summed E-state index contributed by atoms with van der Waals surface area (Å²) >= 11 is 0. The molecule has 0 unspecified atom stereocenters. The molecule has 70 valence electrons. The fourth-order valence-electron chi connectivity index (χ4n) is 1.54. The van der Waals surface area contributed by atoms with Gasteiger partial charge in [-0.3, -0.25) is 0 Å². The van der Waals surface area contributed by atoms with Crippen molar-refractivity contribution in [2.24, 2.45) is 5.92 Å². The summed E-state index contributed by atoms with van der Waals surface area (Å²) in [7, 11) is 1.39. The highest BCUT2D eigenvalue weighted by molar-refractivity contribution is 5.67. The van der Waals surface area contributed by atoms with Crippen molar-refractivity contribution in [1.29, 1.82) is 0 Å². The summed E-state index contributed by atoms with van der Waals surface area (Å²) in [5.74, 6) is 0.545. The van der Waals surface area contributed by atoms with Crippen LogP contribution in [-0.4, -0.2) is 32.3 Å². The molecule has 1 amide bonds. The molecule has 0 aromatic carbocycles. The molecule has 4 nitrogen and oxygen atoms in total. The van der Waals surface area contributed by atoms with Crippen LogP contribution in [0, 0.1) is 5.92 Å². The molecule has 0 saturated carbocycles. The maximum atomic E-state index is 10.9. The molecular formula is C8H16N2O2. The Morgan fingerprint density at radius 2 is 2.42 bits per heavy atom. The zero-order valence-electron chi connectivity index (χ0n) is 7.59. The summed E-state index contributed by atoms with van der Waals surface area (Å²) < 4.78 is 4.53. The van der Waals surface area contributed by atoms with Crippen LogP contribution in [0.1, 0.15) is 13.3 Å². The Bertz CT molecular complexity index is 161. The van der Waals surface area contributed by atoms with E-state index in [4.69, 9.17) is 0 Å². The largest absolute Gasteiger partial charge is 0.453 e. The maximum absolute atomic E-state index is 10.9. The van der Waals surface area contributed by atoms with E-state index in [1.54, 1.807) is 0 Å². The molecule has 12 heavy (non-hydrogen) atoms. The molecule has 1 saturated heterocycles. The number of nitrogens with one attached hydrogen (secondary N) is 2. The van der Waals surface area contributed by atoms with E-state index in [0.29, 0.717) is 5.92 Å². The molecule has 0 aliphatic carbocycles. The van der Waals surface area contributed by atoms with Crippen molar-refractivity contribution in [2.45, 2.75) is 19.4 Å². The van der Waals surface area contributed by atoms with E-state index in [0.717, 1.165) is 19.5 Å². The van der Waals surface area contributed by atoms with Crippen LogP contribution in [0.15, 0.2) is 0 Å². The molecule has 2 N–H and O–H groups in total. The van der Waals surface area contributed by atoms with E-state index in [9.17, 15) is 4.79 Å². The van der Waals surface area contributed by atoms with E-state index in [2.05, 4.69) is 22.3 Å². The van der Waals surface area contributed by atoms with Gasteiger partial charge in [-0.2, -0.15) is 0 Å². The van der Waals surface area contributed by atoms with Crippen LogP contribution >= 0.6 is 0 Å². The number of carbonyl (C=O) groups is 1. The first-order valence-electron chi connectivity index (χ1n) is 4.33. The molecule has 0 bridgehead atoms. The SMILES string of the molecule is CC[C@H]1CNC[C@@H]1NC(=O)OC. The van der Waals surface area contributed by atoms with Crippen LogP contribution in [0.3, 0.4) is 0 Å². The number of rotatable bonds is 2. The van der Waals surface area contributed by atoms with Gasteiger partial charge in [0.25, 0.3) is 0 Å². The summed E-state index contributed by atoms with van der Waals surface area (Å²) in [6.07, 6.45) is 0.754. The predicted octanol–water partition coefficient (Wildman–Crippen LogP) is 0.340. The highest BCUT2D eigenvalue weighted by Gasteiger charge is 2.26. The summed E-state index contributed by atoms with van der Waals surface area (Å²) in [4.78, 5) is 10.9. The predicted molar refractivity (Wildman–Crippen MR) is 46.0 cm³/mol. The van der Waals surface area contributed by atoms with Crippen molar-refractivity contribution >= 4 is 6.09 Å². The third-order valence-corrected chi connectivity index (χ3v) is 2.35. The molecule has 1 rings (SSSR count). The van der Waals surface area contributed by atoms with E-state index < -0.39 is 0 Å². The molecule has 1 fully saturated rings. The van der Waals surface area contributed by atoms with Gasteiger partial charge in [0.1, 0.15) is 0 Å². The standard InChI is InChI=1S/C8H16N2O2/c1-3-6-4-9-5-7(6)10-8(11)12-2/h6-7,9H,3-5H2,1-2H3,(H,10,11)/t6-,7-/m0/s1. The van der Waals surface area contributed by atoms with Gasteiger partial charge in [-0.1, -0.05) is 13.3 Å². The van der Waals surface area contributed by atoms with Gasteiger partial charge >= 0.3 is 6.09 Å². The number of ether oxygens (including phenoxy) is 1. The molecule has 1 aliphatic heterocycles.